The van der Waals surface area contributed by atoms with Crippen LogP contribution in [0.1, 0.15) is 16.8 Å². The van der Waals surface area contributed by atoms with Gasteiger partial charge in [0.1, 0.15) is 0 Å². The van der Waals surface area contributed by atoms with Crippen molar-refractivity contribution in [1.82, 2.24) is 15.3 Å². The number of carbonyl (C=O) groups excluding carboxylic acids is 2. The van der Waals surface area contributed by atoms with E-state index in [4.69, 9.17) is 4.42 Å². The monoisotopic (exact) mass is 374 g/mol. The highest BCUT2D eigenvalue weighted by atomic mass is 16.3. The first-order chi connectivity index (χ1) is 13.7. The van der Waals surface area contributed by atoms with E-state index in [2.05, 4.69) is 20.6 Å². The second-order valence-corrected chi connectivity index (χ2v) is 6.21. The second-order valence-electron chi connectivity index (χ2n) is 6.21. The van der Waals surface area contributed by atoms with E-state index in [1.165, 1.54) is 0 Å². The minimum absolute atomic E-state index is 0.178. The van der Waals surface area contributed by atoms with Crippen LogP contribution in [0.25, 0.3) is 22.6 Å². The average molecular weight is 374 g/mol. The number of amides is 2. The lowest BCUT2D eigenvalue weighted by Gasteiger charge is -2.07. The molecule has 2 aromatic heterocycles. The molecule has 0 bridgehead atoms. The van der Waals surface area contributed by atoms with Crippen LogP contribution in [-0.4, -0.2) is 28.3 Å². The molecule has 4 aromatic rings. The van der Waals surface area contributed by atoms with Gasteiger partial charge in [0.15, 0.2) is 11.6 Å². The second kappa shape index (κ2) is 7.79. The van der Waals surface area contributed by atoms with Crippen molar-refractivity contribution in [3.63, 3.8) is 0 Å². The van der Waals surface area contributed by atoms with Gasteiger partial charge in [-0.05, 0) is 42.5 Å². The number of nitrogens with zero attached hydrogens (tertiary/aromatic N) is 1. The fourth-order valence-electron chi connectivity index (χ4n) is 2.82. The summed E-state index contributed by atoms with van der Waals surface area (Å²) in [6.07, 6.45) is 1.77. The molecule has 0 aliphatic rings. The lowest BCUT2D eigenvalue weighted by Crippen LogP contribution is -2.27. The summed E-state index contributed by atoms with van der Waals surface area (Å²) in [5, 5.41) is 5.57. The zero-order chi connectivity index (χ0) is 19.3. The zero-order valence-corrected chi connectivity index (χ0v) is 14.9. The van der Waals surface area contributed by atoms with E-state index in [9.17, 15) is 9.59 Å². The number of anilines is 1. The summed E-state index contributed by atoms with van der Waals surface area (Å²) in [5.74, 6) is 0.902. The molecule has 0 atom stereocenters. The minimum atomic E-state index is -0.197. The summed E-state index contributed by atoms with van der Waals surface area (Å²) in [5.41, 5.74) is 2.79. The van der Waals surface area contributed by atoms with Gasteiger partial charge in [-0.25, -0.2) is 4.98 Å². The highest BCUT2D eigenvalue weighted by Gasteiger charge is 2.10. The van der Waals surface area contributed by atoms with Crippen LogP contribution in [0.2, 0.25) is 0 Å². The van der Waals surface area contributed by atoms with Crippen LogP contribution in [0.3, 0.4) is 0 Å². The third-order valence-corrected chi connectivity index (χ3v) is 4.19. The Morgan fingerprint density at radius 2 is 1.89 bits per heavy atom. The molecule has 0 aliphatic heterocycles. The van der Waals surface area contributed by atoms with Gasteiger partial charge in [0.2, 0.25) is 5.91 Å². The number of nitrogens with one attached hydrogen (secondary N) is 3. The normalized spacial score (nSPS) is 10.7. The maximum absolute atomic E-state index is 12.2. The van der Waals surface area contributed by atoms with Crippen molar-refractivity contribution < 1.29 is 14.0 Å². The van der Waals surface area contributed by atoms with Gasteiger partial charge in [-0.3, -0.25) is 9.59 Å². The molecule has 2 amide bonds. The first kappa shape index (κ1) is 17.5. The molecule has 0 spiro atoms. The van der Waals surface area contributed by atoms with Crippen molar-refractivity contribution in [3.05, 3.63) is 72.5 Å². The Morgan fingerprint density at radius 3 is 2.68 bits per heavy atom. The van der Waals surface area contributed by atoms with Gasteiger partial charge in [0.05, 0.1) is 17.3 Å². The van der Waals surface area contributed by atoms with E-state index in [-0.39, 0.29) is 24.8 Å². The van der Waals surface area contributed by atoms with Crippen LogP contribution in [0.5, 0.6) is 0 Å². The summed E-state index contributed by atoms with van der Waals surface area (Å²) in [6, 6.07) is 17.9. The van der Waals surface area contributed by atoms with Crippen molar-refractivity contribution in [2.24, 2.45) is 0 Å². The van der Waals surface area contributed by atoms with Crippen molar-refractivity contribution in [2.75, 3.05) is 11.9 Å². The number of aromatic nitrogens is 2. The van der Waals surface area contributed by atoms with E-state index in [1.54, 1.807) is 42.7 Å². The topological polar surface area (TPSA) is 100 Å². The first-order valence-electron chi connectivity index (χ1n) is 8.86. The highest BCUT2D eigenvalue weighted by molar-refractivity contribution is 5.96. The number of fused-ring (bicyclic) bond motifs is 1. The fraction of sp³-hybridized carbons (Fsp3) is 0.0952. The number of hydrogen-bond acceptors (Lipinski definition) is 4. The van der Waals surface area contributed by atoms with Crippen LogP contribution >= 0.6 is 0 Å². The number of aromatic amines is 1. The van der Waals surface area contributed by atoms with Crippen LogP contribution in [0.15, 0.2) is 71.3 Å². The molecule has 0 fully saturated rings. The molecule has 0 unspecified atom stereocenters. The van der Waals surface area contributed by atoms with Crippen molar-refractivity contribution in [1.29, 1.82) is 0 Å². The number of carbonyl (C=O) groups is 2. The third kappa shape index (κ3) is 3.93. The standard InChI is InChI=1S/C21H18N4O3/c26-19(10-11-22-21(27)14-5-2-1-3-6-14)23-15-8-9-16-17(13-15)25-20(24-16)18-7-4-12-28-18/h1-9,12-13H,10-11H2,(H,22,27)(H,23,26)(H,24,25). The van der Waals surface area contributed by atoms with E-state index in [0.29, 0.717) is 22.8 Å². The number of H-pyrrole nitrogens is 1. The lowest BCUT2D eigenvalue weighted by molar-refractivity contribution is -0.116. The van der Waals surface area contributed by atoms with Gasteiger partial charge in [-0.15, -0.1) is 0 Å². The van der Waals surface area contributed by atoms with Gasteiger partial charge in [-0.2, -0.15) is 0 Å². The largest absolute Gasteiger partial charge is 0.461 e. The van der Waals surface area contributed by atoms with Crippen LogP contribution in [0, 0.1) is 0 Å². The Bertz CT molecular complexity index is 1100. The molecule has 3 N–H and O–H groups in total. The van der Waals surface area contributed by atoms with Crippen molar-refractivity contribution >= 4 is 28.5 Å². The smallest absolute Gasteiger partial charge is 0.251 e. The summed E-state index contributed by atoms with van der Waals surface area (Å²) in [6.45, 7) is 0.258. The number of furan rings is 1. The molecule has 0 saturated carbocycles. The van der Waals surface area contributed by atoms with Crippen LogP contribution in [-0.2, 0) is 4.79 Å². The molecule has 28 heavy (non-hydrogen) atoms. The van der Waals surface area contributed by atoms with Gasteiger partial charge < -0.3 is 20.0 Å². The molecule has 2 aromatic carbocycles. The van der Waals surface area contributed by atoms with Crippen molar-refractivity contribution in [2.45, 2.75) is 6.42 Å². The molecule has 4 rings (SSSR count). The van der Waals surface area contributed by atoms with E-state index < -0.39 is 0 Å². The quantitative estimate of drug-likeness (QED) is 0.480. The Kier molecular flexibility index (Phi) is 4.88. The number of hydrogen-bond donors (Lipinski definition) is 3. The minimum Gasteiger partial charge on any atom is -0.461 e. The maximum atomic E-state index is 12.2. The van der Waals surface area contributed by atoms with Crippen LogP contribution < -0.4 is 10.6 Å². The molecule has 7 nitrogen and oxygen atoms in total. The van der Waals surface area contributed by atoms with Crippen LogP contribution in [0.4, 0.5) is 5.69 Å². The maximum Gasteiger partial charge on any atom is 0.251 e. The summed E-state index contributed by atoms with van der Waals surface area (Å²) >= 11 is 0. The Balaban J connectivity index is 1.34. The zero-order valence-electron chi connectivity index (χ0n) is 14.9. The number of imidazole rings is 1. The van der Waals surface area contributed by atoms with E-state index in [1.807, 2.05) is 24.3 Å². The lowest BCUT2D eigenvalue weighted by atomic mass is 10.2. The molecular weight excluding hydrogens is 356 g/mol. The van der Waals surface area contributed by atoms with Crippen molar-refractivity contribution in [3.8, 4) is 11.6 Å². The predicted molar refractivity (Wildman–Crippen MR) is 106 cm³/mol. The van der Waals surface area contributed by atoms with Gasteiger partial charge in [-0.1, -0.05) is 18.2 Å². The van der Waals surface area contributed by atoms with E-state index in [0.717, 1.165) is 11.0 Å². The Morgan fingerprint density at radius 1 is 1.04 bits per heavy atom. The molecular formula is C21H18N4O3. The highest BCUT2D eigenvalue weighted by Crippen LogP contribution is 2.23. The molecule has 0 radical (unpaired) electrons. The number of benzene rings is 2. The molecule has 0 aliphatic carbocycles. The molecule has 2 heterocycles. The molecule has 140 valence electrons. The SMILES string of the molecule is O=C(CCNC(=O)c1ccccc1)Nc1ccc2nc(-c3ccco3)[nH]c2c1. The molecule has 0 saturated heterocycles. The summed E-state index contributed by atoms with van der Waals surface area (Å²) in [7, 11) is 0. The van der Waals surface area contributed by atoms with Gasteiger partial charge in [0, 0.05) is 24.2 Å². The number of rotatable bonds is 6. The molecule has 7 heteroatoms. The van der Waals surface area contributed by atoms with E-state index >= 15 is 0 Å². The third-order valence-electron chi connectivity index (χ3n) is 4.19. The Hall–Kier alpha value is -3.87. The predicted octanol–water partition coefficient (Wildman–Crippen LogP) is 3.58. The first-order valence-corrected chi connectivity index (χ1v) is 8.86. The van der Waals surface area contributed by atoms with Gasteiger partial charge in [0.25, 0.3) is 5.91 Å². The van der Waals surface area contributed by atoms with Gasteiger partial charge >= 0.3 is 0 Å². The average Bonchev–Trinajstić information content (AvgIpc) is 3.38. The Labute approximate surface area is 160 Å². The fourth-order valence-corrected chi connectivity index (χ4v) is 2.82. The summed E-state index contributed by atoms with van der Waals surface area (Å²) in [4.78, 5) is 31.8. The summed E-state index contributed by atoms with van der Waals surface area (Å²) < 4.78 is 5.34.